The number of hydrogen-bond donors (Lipinski definition) is 2. The lowest BCUT2D eigenvalue weighted by molar-refractivity contribution is 0.577. The Balaban J connectivity index is 3.09. The van der Waals surface area contributed by atoms with Crippen LogP contribution in [0.25, 0.3) is 0 Å². The summed E-state index contributed by atoms with van der Waals surface area (Å²) in [7, 11) is -1.57. The molecule has 6 heteroatoms. The van der Waals surface area contributed by atoms with Crippen LogP contribution in [0.5, 0.6) is 0 Å². The zero-order valence-corrected chi connectivity index (χ0v) is 12.6. The fourth-order valence-corrected chi connectivity index (χ4v) is 3.20. The lowest BCUT2D eigenvalue weighted by Gasteiger charge is -2.25. The van der Waals surface area contributed by atoms with E-state index in [-0.39, 0.29) is 0 Å². The van der Waals surface area contributed by atoms with Gasteiger partial charge in [0.05, 0.1) is 5.69 Å². The van der Waals surface area contributed by atoms with Gasteiger partial charge >= 0.3 is 0 Å². The molecule has 1 unspecified atom stereocenters. The Labute approximate surface area is 115 Å². The van der Waals surface area contributed by atoms with Crippen LogP contribution in [0, 0.1) is 5.92 Å². The van der Waals surface area contributed by atoms with Crippen molar-refractivity contribution in [2.24, 2.45) is 11.7 Å². The predicted molar refractivity (Wildman–Crippen MR) is 78.8 cm³/mol. The summed E-state index contributed by atoms with van der Waals surface area (Å²) in [4.78, 5) is 2.24. The topological polar surface area (TPSA) is 75.4 Å². The normalized spacial score (nSPS) is 13.3. The van der Waals surface area contributed by atoms with Crippen LogP contribution < -0.4 is 15.4 Å². The van der Waals surface area contributed by atoms with Gasteiger partial charge in [0.25, 0.3) is 0 Å². The second-order valence-corrected chi connectivity index (χ2v) is 6.43. The van der Waals surface area contributed by atoms with Gasteiger partial charge in [0.1, 0.15) is 4.90 Å². The highest BCUT2D eigenvalue weighted by atomic mass is 32.2. The van der Waals surface area contributed by atoms with Crippen LogP contribution in [0.1, 0.15) is 13.8 Å². The number of nitrogens with zero attached hydrogens (tertiary/aromatic N) is 1. The number of rotatable bonds is 7. The van der Waals surface area contributed by atoms with Crippen molar-refractivity contribution in [3.8, 4) is 0 Å². The van der Waals surface area contributed by atoms with E-state index in [0.717, 1.165) is 6.54 Å². The van der Waals surface area contributed by atoms with Crippen molar-refractivity contribution < 1.29 is 8.42 Å². The molecule has 1 atom stereocenters. The molecule has 0 fully saturated rings. The molecule has 0 saturated heterocycles. The molecule has 19 heavy (non-hydrogen) atoms. The molecular weight excluding hydrogens is 262 g/mol. The first-order valence-electron chi connectivity index (χ1n) is 6.42. The average Bonchev–Trinajstić information content (AvgIpc) is 2.38. The quantitative estimate of drug-likeness (QED) is 0.784. The minimum atomic E-state index is -3.45. The molecule has 0 aliphatic rings. The third-order valence-electron chi connectivity index (χ3n) is 2.89. The van der Waals surface area contributed by atoms with Crippen molar-refractivity contribution in [2.45, 2.75) is 18.7 Å². The van der Waals surface area contributed by atoms with Gasteiger partial charge in [-0.1, -0.05) is 26.0 Å². The van der Waals surface area contributed by atoms with Gasteiger partial charge < -0.3 is 10.6 Å². The zero-order chi connectivity index (χ0) is 14.5. The summed E-state index contributed by atoms with van der Waals surface area (Å²) >= 11 is 0. The molecule has 0 bridgehead atoms. The SMILES string of the molecule is CCNS(=O)(=O)c1ccccc1N(C)CC(C)CN. The largest absolute Gasteiger partial charge is 0.373 e. The van der Waals surface area contributed by atoms with Crippen molar-refractivity contribution in [1.29, 1.82) is 0 Å². The van der Waals surface area contributed by atoms with Crippen molar-refractivity contribution in [1.82, 2.24) is 4.72 Å². The molecule has 0 heterocycles. The molecule has 0 saturated carbocycles. The number of anilines is 1. The van der Waals surface area contributed by atoms with E-state index in [0.29, 0.717) is 29.6 Å². The van der Waals surface area contributed by atoms with E-state index >= 15 is 0 Å². The smallest absolute Gasteiger partial charge is 0.242 e. The minimum Gasteiger partial charge on any atom is -0.373 e. The predicted octanol–water partition coefficient (Wildman–Crippen LogP) is 1.02. The second kappa shape index (κ2) is 6.88. The summed E-state index contributed by atoms with van der Waals surface area (Å²) in [5.74, 6) is 0.305. The monoisotopic (exact) mass is 285 g/mol. The molecule has 1 aromatic rings. The van der Waals surface area contributed by atoms with Gasteiger partial charge in [-0.3, -0.25) is 0 Å². The second-order valence-electron chi connectivity index (χ2n) is 4.69. The Hall–Kier alpha value is -1.11. The Kier molecular flexibility index (Phi) is 5.78. The van der Waals surface area contributed by atoms with Crippen LogP contribution in [0.4, 0.5) is 5.69 Å². The molecule has 5 nitrogen and oxygen atoms in total. The van der Waals surface area contributed by atoms with Crippen molar-refractivity contribution in [2.75, 3.05) is 31.6 Å². The number of nitrogens with one attached hydrogen (secondary N) is 1. The number of hydrogen-bond acceptors (Lipinski definition) is 4. The molecule has 1 rings (SSSR count). The van der Waals surface area contributed by atoms with Gasteiger partial charge in [0, 0.05) is 20.1 Å². The van der Waals surface area contributed by atoms with Crippen molar-refractivity contribution >= 4 is 15.7 Å². The molecule has 0 spiro atoms. The Morgan fingerprint density at radius 2 is 2.00 bits per heavy atom. The molecule has 3 N–H and O–H groups in total. The number of nitrogens with two attached hydrogens (primary N) is 1. The van der Waals surface area contributed by atoms with E-state index in [4.69, 9.17) is 5.73 Å². The lowest BCUT2D eigenvalue weighted by atomic mass is 10.1. The molecule has 0 aliphatic heterocycles. The van der Waals surface area contributed by atoms with Gasteiger partial charge in [0.15, 0.2) is 0 Å². The fourth-order valence-electron chi connectivity index (χ4n) is 1.91. The maximum Gasteiger partial charge on any atom is 0.242 e. The Morgan fingerprint density at radius 3 is 2.58 bits per heavy atom. The van der Waals surface area contributed by atoms with E-state index in [2.05, 4.69) is 4.72 Å². The van der Waals surface area contributed by atoms with Crippen LogP contribution in [0.15, 0.2) is 29.2 Å². The molecule has 0 radical (unpaired) electrons. The summed E-state index contributed by atoms with van der Waals surface area (Å²) in [5.41, 5.74) is 6.31. The summed E-state index contributed by atoms with van der Waals surface area (Å²) in [6, 6.07) is 7.00. The Bertz CT molecular complexity index is 502. The summed E-state index contributed by atoms with van der Waals surface area (Å²) in [5, 5.41) is 0. The van der Waals surface area contributed by atoms with Crippen molar-refractivity contribution in [3.05, 3.63) is 24.3 Å². The van der Waals surface area contributed by atoms with E-state index < -0.39 is 10.0 Å². The van der Waals surface area contributed by atoms with Crippen molar-refractivity contribution in [3.63, 3.8) is 0 Å². The van der Waals surface area contributed by atoms with Gasteiger partial charge in [-0.15, -0.1) is 0 Å². The maximum atomic E-state index is 12.2. The minimum absolute atomic E-state index is 0.305. The first-order chi connectivity index (χ1) is 8.92. The van der Waals surface area contributed by atoms with Crippen LogP contribution in [0.2, 0.25) is 0 Å². The van der Waals surface area contributed by atoms with Crippen LogP contribution >= 0.6 is 0 Å². The molecule has 0 aromatic heterocycles. The van der Waals surface area contributed by atoms with E-state index in [1.807, 2.05) is 31.0 Å². The van der Waals surface area contributed by atoms with Crippen LogP contribution in [0.3, 0.4) is 0 Å². The molecule has 1 aromatic carbocycles. The first kappa shape index (κ1) is 15.9. The van der Waals surface area contributed by atoms with Gasteiger partial charge in [-0.05, 0) is 24.6 Å². The van der Waals surface area contributed by atoms with E-state index in [9.17, 15) is 8.42 Å². The highest BCUT2D eigenvalue weighted by Gasteiger charge is 2.19. The fraction of sp³-hybridized carbons (Fsp3) is 0.538. The molecule has 108 valence electrons. The molecular formula is C13H23N3O2S. The first-order valence-corrected chi connectivity index (χ1v) is 7.90. The number of sulfonamides is 1. The van der Waals surface area contributed by atoms with Crippen LogP contribution in [-0.2, 0) is 10.0 Å². The highest BCUT2D eigenvalue weighted by Crippen LogP contribution is 2.24. The maximum absolute atomic E-state index is 12.2. The van der Waals surface area contributed by atoms with E-state index in [1.54, 1.807) is 19.1 Å². The standard InChI is InChI=1S/C13H23N3O2S/c1-4-15-19(17,18)13-8-6-5-7-12(13)16(3)10-11(2)9-14/h5-8,11,15H,4,9-10,14H2,1-3H3. The molecule has 0 aliphatic carbocycles. The highest BCUT2D eigenvalue weighted by molar-refractivity contribution is 7.89. The average molecular weight is 285 g/mol. The third kappa shape index (κ3) is 4.19. The van der Waals surface area contributed by atoms with Crippen LogP contribution in [-0.4, -0.2) is 35.1 Å². The molecule has 0 amide bonds. The summed E-state index contributed by atoms with van der Waals surface area (Å²) < 4.78 is 26.8. The van der Waals surface area contributed by atoms with E-state index in [1.165, 1.54) is 0 Å². The third-order valence-corrected chi connectivity index (χ3v) is 4.48. The summed E-state index contributed by atoms with van der Waals surface area (Å²) in [6.45, 7) is 5.47. The van der Waals surface area contributed by atoms with Gasteiger partial charge in [0.2, 0.25) is 10.0 Å². The van der Waals surface area contributed by atoms with Gasteiger partial charge in [-0.2, -0.15) is 0 Å². The van der Waals surface area contributed by atoms with Gasteiger partial charge in [-0.25, -0.2) is 13.1 Å². The number of para-hydroxylation sites is 1. The number of benzene rings is 1. The lowest BCUT2D eigenvalue weighted by Crippen LogP contribution is -2.31. The summed E-state index contributed by atoms with van der Waals surface area (Å²) in [6.07, 6.45) is 0. The Morgan fingerprint density at radius 1 is 1.37 bits per heavy atom. The zero-order valence-electron chi connectivity index (χ0n) is 11.8.